The van der Waals surface area contributed by atoms with E-state index in [1.54, 1.807) is 11.8 Å². The summed E-state index contributed by atoms with van der Waals surface area (Å²) in [5.74, 6) is 2.28. The predicted octanol–water partition coefficient (Wildman–Crippen LogP) is -0.476. The summed E-state index contributed by atoms with van der Waals surface area (Å²) in [6, 6.07) is -0.775. The van der Waals surface area contributed by atoms with Gasteiger partial charge in [0.1, 0.15) is 0 Å². The first kappa shape index (κ1) is 11.3. The molecule has 0 spiro atoms. The number of nitrogens with one attached hydrogen (secondary N) is 2. The molecule has 3 amide bonds. The molecule has 0 unspecified atom stereocenters. The molecule has 0 aromatic heterocycles. The maximum absolute atomic E-state index is 10.9. The van der Waals surface area contributed by atoms with Crippen molar-refractivity contribution in [3.8, 4) is 0 Å². The van der Waals surface area contributed by atoms with E-state index >= 15 is 0 Å². The molecule has 1 aliphatic rings. The van der Waals surface area contributed by atoms with Gasteiger partial charge in [0.2, 0.25) is 5.91 Å². The Bertz CT molecular complexity index is 219. The van der Waals surface area contributed by atoms with Gasteiger partial charge in [0.25, 0.3) is 0 Å². The molecular weight excluding hydrogens is 202 g/mol. The lowest BCUT2D eigenvalue weighted by Crippen LogP contribution is -2.43. The van der Waals surface area contributed by atoms with Gasteiger partial charge >= 0.3 is 6.03 Å². The van der Waals surface area contributed by atoms with Gasteiger partial charge in [-0.3, -0.25) is 10.1 Å². The van der Waals surface area contributed by atoms with Crippen LogP contribution in [0.3, 0.4) is 0 Å². The van der Waals surface area contributed by atoms with Crippen LogP contribution in [0.1, 0.15) is 6.42 Å². The van der Waals surface area contributed by atoms with Gasteiger partial charge < -0.3 is 11.1 Å². The normalized spacial score (nSPS) is 16.0. The van der Waals surface area contributed by atoms with Crippen LogP contribution in [0.4, 0.5) is 4.79 Å². The van der Waals surface area contributed by atoms with Crippen molar-refractivity contribution in [3.63, 3.8) is 0 Å². The molecule has 1 aliphatic heterocycles. The molecule has 80 valence electrons. The zero-order valence-corrected chi connectivity index (χ0v) is 8.73. The van der Waals surface area contributed by atoms with E-state index in [0.717, 1.165) is 30.5 Å². The second-order valence-electron chi connectivity index (χ2n) is 3.26. The largest absolute Gasteiger partial charge is 0.351 e. The summed E-state index contributed by atoms with van der Waals surface area (Å²) in [4.78, 5) is 21.2. The lowest BCUT2D eigenvalue weighted by molar-refractivity contribution is -0.119. The molecule has 0 radical (unpaired) electrons. The Hall–Kier alpha value is -0.750. The highest BCUT2D eigenvalue weighted by Crippen LogP contribution is 2.12. The average molecular weight is 217 g/mol. The fraction of sp³-hybridized carbons (Fsp3) is 0.750. The zero-order valence-electron chi connectivity index (χ0n) is 7.91. The number of amides is 3. The molecule has 1 saturated heterocycles. The van der Waals surface area contributed by atoms with E-state index in [4.69, 9.17) is 5.73 Å². The quantitative estimate of drug-likeness (QED) is 0.543. The van der Waals surface area contributed by atoms with Gasteiger partial charge in [0.05, 0.1) is 0 Å². The minimum Gasteiger partial charge on any atom is -0.351 e. The smallest absolute Gasteiger partial charge is 0.318 e. The molecule has 1 heterocycles. The number of hydrogen-bond donors (Lipinski definition) is 3. The number of thioether (sulfide) groups is 1. The van der Waals surface area contributed by atoms with Crippen LogP contribution in [0.2, 0.25) is 0 Å². The monoisotopic (exact) mass is 217 g/mol. The van der Waals surface area contributed by atoms with Crippen molar-refractivity contribution < 1.29 is 9.59 Å². The van der Waals surface area contributed by atoms with E-state index in [2.05, 4.69) is 5.32 Å². The standard InChI is InChI=1S/C8H15N3O2S/c9-8(13)11-7(12)1-2-14-5-6-3-10-4-6/h6,10H,1-5H2,(H3,9,11,12,13). The van der Waals surface area contributed by atoms with E-state index in [-0.39, 0.29) is 5.91 Å². The number of nitrogens with two attached hydrogens (primary N) is 1. The van der Waals surface area contributed by atoms with Crippen LogP contribution in [0.5, 0.6) is 0 Å². The van der Waals surface area contributed by atoms with Gasteiger partial charge in [-0.1, -0.05) is 0 Å². The summed E-state index contributed by atoms with van der Waals surface area (Å²) in [6.45, 7) is 2.17. The molecule has 14 heavy (non-hydrogen) atoms. The summed E-state index contributed by atoms with van der Waals surface area (Å²) < 4.78 is 0. The average Bonchev–Trinajstić information content (AvgIpc) is 1.99. The van der Waals surface area contributed by atoms with Gasteiger partial charge in [-0.2, -0.15) is 11.8 Å². The molecule has 0 aliphatic carbocycles. The number of primary amides is 1. The van der Waals surface area contributed by atoms with E-state index in [1.807, 2.05) is 5.32 Å². The third kappa shape index (κ3) is 4.48. The first-order valence-electron chi connectivity index (χ1n) is 4.56. The van der Waals surface area contributed by atoms with Crippen molar-refractivity contribution in [1.82, 2.24) is 10.6 Å². The first-order valence-corrected chi connectivity index (χ1v) is 5.71. The van der Waals surface area contributed by atoms with Crippen LogP contribution in [0.25, 0.3) is 0 Å². The van der Waals surface area contributed by atoms with Crippen LogP contribution < -0.4 is 16.4 Å². The summed E-state index contributed by atoms with van der Waals surface area (Å²) in [6.07, 6.45) is 0.355. The van der Waals surface area contributed by atoms with Crippen LogP contribution in [0.15, 0.2) is 0 Å². The minimum absolute atomic E-state index is 0.295. The maximum Gasteiger partial charge on any atom is 0.318 e. The van der Waals surface area contributed by atoms with E-state index in [1.165, 1.54) is 0 Å². The summed E-state index contributed by atoms with van der Waals surface area (Å²) in [5, 5.41) is 5.22. The van der Waals surface area contributed by atoms with Crippen molar-refractivity contribution in [1.29, 1.82) is 0 Å². The lowest BCUT2D eigenvalue weighted by atomic mass is 10.1. The number of imide groups is 1. The Morgan fingerprint density at radius 2 is 2.21 bits per heavy atom. The molecular formula is C8H15N3O2S. The second-order valence-corrected chi connectivity index (χ2v) is 4.41. The molecule has 4 N–H and O–H groups in total. The predicted molar refractivity (Wildman–Crippen MR) is 56.0 cm³/mol. The number of carbonyl (C=O) groups is 2. The van der Waals surface area contributed by atoms with Gasteiger partial charge in [0.15, 0.2) is 0 Å². The molecule has 1 rings (SSSR count). The van der Waals surface area contributed by atoms with E-state index in [9.17, 15) is 9.59 Å². The van der Waals surface area contributed by atoms with Crippen molar-refractivity contribution in [2.24, 2.45) is 11.7 Å². The van der Waals surface area contributed by atoms with Crippen LogP contribution in [0, 0.1) is 5.92 Å². The summed E-state index contributed by atoms with van der Waals surface area (Å²) in [7, 11) is 0. The number of carbonyl (C=O) groups excluding carboxylic acids is 2. The van der Waals surface area contributed by atoms with Crippen molar-refractivity contribution in [2.45, 2.75) is 6.42 Å². The molecule has 1 fully saturated rings. The molecule has 0 atom stereocenters. The highest BCUT2D eigenvalue weighted by Gasteiger charge is 2.16. The molecule has 5 nitrogen and oxygen atoms in total. The molecule has 0 bridgehead atoms. The van der Waals surface area contributed by atoms with Gasteiger partial charge in [-0.25, -0.2) is 4.79 Å². The molecule has 0 aromatic carbocycles. The van der Waals surface area contributed by atoms with Crippen LogP contribution in [-0.4, -0.2) is 36.5 Å². The summed E-state index contributed by atoms with van der Waals surface area (Å²) >= 11 is 1.74. The third-order valence-electron chi connectivity index (χ3n) is 1.96. The Labute approximate surface area is 87.2 Å². The van der Waals surface area contributed by atoms with Crippen LogP contribution in [-0.2, 0) is 4.79 Å². The Balaban J connectivity index is 1.91. The third-order valence-corrected chi connectivity index (χ3v) is 3.16. The maximum atomic E-state index is 10.9. The van der Waals surface area contributed by atoms with Gasteiger partial charge in [-0.15, -0.1) is 0 Å². The minimum atomic E-state index is -0.775. The van der Waals surface area contributed by atoms with Gasteiger partial charge in [0, 0.05) is 12.2 Å². The SMILES string of the molecule is NC(=O)NC(=O)CCSCC1CNC1. The fourth-order valence-corrected chi connectivity index (χ4v) is 2.15. The number of hydrogen-bond acceptors (Lipinski definition) is 4. The Kier molecular flexibility index (Phi) is 4.75. The highest BCUT2D eigenvalue weighted by molar-refractivity contribution is 7.99. The van der Waals surface area contributed by atoms with Gasteiger partial charge in [-0.05, 0) is 24.8 Å². The number of urea groups is 1. The second kappa shape index (κ2) is 5.87. The fourth-order valence-electron chi connectivity index (χ4n) is 1.08. The Morgan fingerprint density at radius 3 is 2.71 bits per heavy atom. The zero-order chi connectivity index (χ0) is 10.4. The lowest BCUT2D eigenvalue weighted by Gasteiger charge is -2.26. The van der Waals surface area contributed by atoms with Crippen LogP contribution >= 0.6 is 11.8 Å². The molecule has 6 heteroatoms. The Morgan fingerprint density at radius 1 is 1.50 bits per heavy atom. The van der Waals surface area contributed by atoms with Crippen molar-refractivity contribution in [2.75, 3.05) is 24.6 Å². The highest BCUT2D eigenvalue weighted by atomic mass is 32.2. The van der Waals surface area contributed by atoms with Crippen molar-refractivity contribution in [3.05, 3.63) is 0 Å². The topological polar surface area (TPSA) is 84.2 Å². The molecule has 0 saturated carbocycles. The number of rotatable bonds is 5. The van der Waals surface area contributed by atoms with Crippen molar-refractivity contribution >= 4 is 23.7 Å². The summed E-state index contributed by atoms with van der Waals surface area (Å²) in [5.41, 5.74) is 4.79. The first-order chi connectivity index (χ1) is 6.68. The molecule has 0 aromatic rings. The van der Waals surface area contributed by atoms with E-state index < -0.39 is 6.03 Å². The van der Waals surface area contributed by atoms with E-state index in [0.29, 0.717) is 6.42 Å².